The highest BCUT2D eigenvalue weighted by Crippen LogP contribution is 2.37. The van der Waals surface area contributed by atoms with Crippen molar-refractivity contribution in [1.29, 1.82) is 0 Å². The Labute approximate surface area is 188 Å². The third kappa shape index (κ3) is 4.78. The predicted molar refractivity (Wildman–Crippen MR) is 121 cm³/mol. The molecule has 170 valence electrons. The lowest BCUT2D eigenvalue weighted by Gasteiger charge is -2.17. The molecule has 0 aromatic heterocycles. The molecule has 2 aliphatic rings. The highest BCUT2D eigenvalue weighted by atomic mass is 32.2. The number of hydrogen-bond acceptors (Lipinski definition) is 5. The molecule has 2 aromatic rings. The normalized spacial score (nSPS) is 15.3. The zero-order valence-electron chi connectivity index (χ0n) is 18.0. The number of rotatable bonds is 9. The standard InChI is InChI=1S/C23H27N3O5S/c1-31-14-4-12-24-22(27)19-5-2-3-6-20(19)25-32(29,30)18-9-10-21-17(15-18)11-13-26(21)23(28)16-7-8-16/h2-3,5-6,9-10,15-16,25H,4,7-8,11-14H2,1H3,(H,24,27). The fourth-order valence-electron chi connectivity index (χ4n) is 3.81. The monoisotopic (exact) mass is 457 g/mol. The van der Waals surface area contributed by atoms with Crippen LogP contribution in [0.25, 0.3) is 0 Å². The number of fused-ring (bicyclic) bond motifs is 1. The fraction of sp³-hybridized carbons (Fsp3) is 0.391. The van der Waals surface area contributed by atoms with Crippen LogP contribution < -0.4 is 14.9 Å². The summed E-state index contributed by atoms with van der Waals surface area (Å²) in [4.78, 5) is 26.9. The lowest BCUT2D eigenvalue weighted by Crippen LogP contribution is -2.30. The maximum atomic E-state index is 13.1. The van der Waals surface area contributed by atoms with E-state index in [2.05, 4.69) is 10.0 Å². The van der Waals surface area contributed by atoms with Gasteiger partial charge in [0.15, 0.2) is 0 Å². The van der Waals surface area contributed by atoms with Crippen LogP contribution in [0.2, 0.25) is 0 Å². The first-order chi connectivity index (χ1) is 15.4. The number of anilines is 2. The van der Waals surface area contributed by atoms with Gasteiger partial charge >= 0.3 is 0 Å². The quantitative estimate of drug-likeness (QED) is 0.563. The summed E-state index contributed by atoms with van der Waals surface area (Å²) in [5, 5.41) is 2.77. The first-order valence-corrected chi connectivity index (χ1v) is 12.2. The average molecular weight is 458 g/mol. The molecule has 1 saturated carbocycles. The third-order valence-electron chi connectivity index (χ3n) is 5.68. The smallest absolute Gasteiger partial charge is 0.261 e. The van der Waals surface area contributed by atoms with Crippen molar-refractivity contribution in [3.8, 4) is 0 Å². The molecule has 1 aliphatic heterocycles. The van der Waals surface area contributed by atoms with Gasteiger partial charge in [0.05, 0.1) is 16.1 Å². The lowest BCUT2D eigenvalue weighted by molar-refractivity contribution is -0.119. The van der Waals surface area contributed by atoms with E-state index in [0.29, 0.717) is 32.5 Å². The summed E-state index contributed by atoms with van der Waals surface area (Å²) in [6.45, 7) is 1.53. The first kappa shape index (κ1) is 22.3. The van der Waals surface area contributed by atoms with Crippen LogP contribution in [0.1, 0.15) is 35.2 Å². The molecule has 0 unspecified atom stereocenters. The van der Waals surface area contributed by atoms with Crippen molar-refractivity contribution in [2.45, 2.75) is 30.6 Å². The first-order valence-electron chi connectivity index (χ1n) is 10.7. The number of carbonyl (C=O) groups is 2. The molecule has 0 bridgehead atoms. The van der Waals surface area contributed by atoms with Crippen molar-refractivity contribution >= 4 is 33.2 Å². The number of sulfonamides is 1. The topological polar surface area (TPSA) is 105 Å². The summed E-state index contributed by atoms with van der Waals surface area (Å²) in [6, 6.07) is 11.3. The molecular weight excluding hydrogens is 430 g/mol. The van der Waals surface area contributed by atoms with Crippen LogP contribution in [0.5, 0.6) is 0 Å². The van der Waals surface area contributed by atoms with Gasteiger partial charge in [0.2, 0.25) is 5.91 Å². The molecule has 4 rings (SSSR count). The minimum Gasteiger partial charge on any atom is -0.385 e. The molecule has 2 N–H and O–H groups in total. The van der Waals surface area contributed by atoms with Crippen LogP contribution in [-0.4, -0.2) is 47.0 Å². The maximum absolute atomic E-state index is 13.1. The second-order valence-electron chi connectivity index (χ2n) is 8.06. The van der Waals surface area contributed by atoms with Gasteiger partial charge in [0.1, 0.15) is 0 Å². The Morgan fingerprint density at radius 3 is 2.69 bits per heavy atom. The molecule has 1 aliphatic carbocycles. The van der Waals surface area contributed by atoms with Crippen LogP contribution in [0, 0.1) is 5.92 Å². The second-order valence-corrected chi connectivity index (χ2v) is 9.74. The van der Waals surface area contributed by atoms with Gasteiger partial charge in [-0.3, -0.25) is 14.3 Å². The van der Waals surface area contributed by atoms with Crippen LogP contribution >= 0.6 is 0 Å². The van der Waals surface area contributed by atoms with E-state index in [1.165, 1.54) is 6.07 Å². The minimum absolute atomic E-state index is 0.104. The lowest BCUT2D eigenvalue weighted by atomic mass is 10.1. The molecule has 0 spiro atoms. The average Bonchev–Trinajstić information content (AvgIpc) is 3.55. The van der Waals surface area contributed by atoms with E-state index in [9.17, 15) is 18.0 Å². The SMILES string of the molecule is COCCCNC(=O)c1ccccc1NS(=O)(=O)c1ccc2c(c1)CCN2C(=O)C1CC1. The van der Waals surface area contributed by atoms with E-state index >= 15 is 0 Å². The fourth-order valence-corrected chi connectivity index (χ4v) is 4.94. The molecule has 0 atom stereocenters. The summed E-state index contributed by atoms with van der Waals surface area (Å²) in [7, 11) is -2.32. The Bertz CT molecular complexity index is 1130. The number of carbonyl (C=O) groups excluding carboxylic acids is 2. The van der Waals surface area contributed by atoms with Crippen LogP contribution in [-0.2, 0) is 26.0 Å². The predicted octanol–water partition coefficient (Wildman–Crippen LogP) is 2.55. The van der Waals surface area contributed by atoms with Gasteiger partial charge in [-0.2, -0.15) is 0 Å². The van der Waals surface area contributed by atoms with E-state index in [0.717, 1.165) is 24.1 Å². The Balaban J connectivity index is 1.51. The summed E-state index contributed by atoms with van der Waals surface area (Å²) < 4.78 is 33.7. The molecule has 8 nitrogen and oxygen atoms in total. The summed E-state index contributed by atoms with van der Waals surface area (Å²) in [6.07, 6.45) is 3.14. The molecule has 9 heteroatoms. The Morgan fingerprint density at radius 2 is 1.94 bits per heavy atom. The van der Waals surface area contributed by atoms with E-state index in [4.69, 9.17) is 4.74 Å². The van der Waals surface area contributed by atoms with E-state index < -0.39 is 10.0 Å². The van der Waals surface area contributed by atoms with Crippen LogP contribution in [0.4, 0.5) is 11.4 Å². The van der Waals surface area contributed by atoms with Gasteiger partial charge in [0.25, 0.3) is 15.9 Å². The number of nitrogens with zero attached hydrogens (tertiary/aromatic N) is 1. The van der Waals surface area contributed by atoms with Crippen molar-refractivity contribution in [2.24, 2.45) is 5.92 Å². The largest absolute Gasteiger partial charge is 0.385 e. The molecule has 2 amide bonds. The number of para-hydroxylation sites is 1. The maximum Gasteiger partial charge on any atom is 0.261 e. The van der Waals surface area contributed by atoms with Crippen LogP contribution in [0.15, 0.2) is 47.4 Å². The number of amides is 2. The summed E-state index contributed by atoms with van der Waals surface area (Å²) in [5.74, 6) is -0.117. The van der Waals surface area contributed by atoms with Crippen molar-refractivity contribution in [2.75, 3.05) is 36.4 Å². The number of hydrogen-bond donors (Lipinski definition) is 2. The second kappa shape index (κ2) is 9.30. The Kier molecular flexibility index (Phi) is 6.48. The molecule has 0 saturated heterocycles. The van der Waals surface area contributed by atoms with Crippen molar-refractivity contribution in [3.63, 3.8) is 0 Å². The van der Waals surface area contributed by atoms with E-state index in [1.807, 2.05) is 0 Å². The Morgan fingerprint density at radius 1 is 1.16 bits per heavy atom. The van der Waals surface area contributed by atoms with Gasteiger partial charge in [-0.15, -0.1) is 0 Å². The number of benzene rings is 2. The zero-order chi connectivity index (χ0) is 22.7. The molecule has 1 heterocycles. The van der Waals surface area contributed by atoms with Gasteiger partial charge in [0, 0.05) is 38.4 Å². The van der Waals surface area contributed by atoms with Crippen molar-refractivity contribution < 1.29 is 22.7 Å². The number of ether oxygens (including phenoxy) is 1. The zero-order valence-corrected chi connectivity index (χ0v) is 18.8. The molecule has 1 fully saturated rings. The summed E-state index contributed by atoms with van der Waals surface area (Å²) in [5.41, 5.74) is 2.08. The highest BCUT2D eigenvalue weighted by molar-refractivity contribution is 7.92. The van der Waals surface area contributed by atoms with Crippen molar-refractivity contribution in [3.05, 3.63) is 53.6 Å². The summed E-state index contributed by atoms with van der Waals surface area (Å²) >= 11 is 0. The molecule has 32 heavy (non-hydrogen) atoms. The van der Waals surface area contributed by atoms with E-state index in [-0.39, 0.29) is 33.9 Å². The minimum atomic E-state index is -3.92. The van der Waals surface area contributed by atoms with E-state index in [1.54, 1.807) is 48.4 Å². The van der Waals surface area contributed by atoms with Gasteiger partial charge in [-0.1, -0.05) is 12.1 Å². The van der Waals surface area contributed by atoms with Gasteiger partial charge in [-0.05, 0) is 61.6 Å². The van der Waals surface area contributed by atoms with Crippen LogP contribution in [0.3, 0.4) is 0 Å². The molecule has 2 aromatic carbocycles. The van der Waals surface area contributed by atoms with Crippen molar-refractivity contribution in [1.82, 2.24) is 5.32 Å². The highest BCUT2D eigenvalue weighted by Gasteiger charge is 2.36. The molecular formula is C23H27N3O5S. The number of nitrogens with one attached hydrogen (secondary N) is 2. The third-order valence-corrected chi connectivity index (χ3v) is 7.04. The number of methoxy groups -OCH3 is 1. The Hall–Kier alpha value is -2.91. The van der Waals surface area contributed by atoms with Gasteiger partial charge in [-0.25, -0.2) is 8.42 Å². The molecule has 0 radical (unpaired) electrons. The van der Waals surface area contributed by atoms with Gasteiger partial charge < -0.3 is 15.0 Å².